The summed E-state index contributed by atoms with van der Waals surface area (Å²) in [5, 5.41) is 5.22. The van der Waals surface area contributed by atoms with Crippen LogP contribution in [0.15, 0.2) is 46.0 Å². The molecular weight excluding hydrogens is 683 g/mol. The van der Waals surface area contributed by atoms with Crippen LogP contribution in [0.2, 0.25) is 30.7 Å². The van der Waals surface area contributed by atoms with Crippen LogP contribution in [0.4, 0.5) is 4.39 Å². The number of benzene rings is 1. The van der Waals surface area contributed by atoms with E-state index in [1.54, 1.807) is 20.0 Å². The molecule has 1 atom stereocenters. The minimum absolute atomic E-state index is 0.119. The highest BCUT2D eigenvalue weighted by molar-refractivity contribution is 7.89. The number of aromatic nitrogens is 1. The first kappa shape index (κ1) is 35.6. The molecule has 47 heavy (non-hydrogen) atoms. The number of halogens is 2. The van der Waals surface area contributed by atoms with Crippen LogP contribution in [-0.2, 0) is 29.1 Å². The van der Waals surface area contributed by atoms with Crippen molar-refractivity contribution >= 4 is 58.8 Å². The number of nitrogens with zero attached hydrogens (tertiary/aromatic N) is 3. The first-order valence-electron chi connectivity index (χ1n) is 15.9. The van der Waals surface area contributed by atoms with Gasteiger partial charge in [-0.25, -0.2) is 26.9 Å². The predicted molar refractivity (Wildman–Crippen MR) is 183 cm³/mol. The minimum Gasteiger partial charge on any atom is -0.466 e. The van der Waals surface area contributed by atoms with Crippen LogP contribution in [0.3, 0.4) is 0 Å². The van der Waals surface area contributed by atoms with Gasteiger partial charge in [0.1, 0.15) is 11.9 Å². The summed E-state index contributed by atoms with van der Waals surface area (Å²) >= 11 is 7.87. The summed E-state index contributed by atoms with van der Waals surface area (Å²) in [5.41, 5.74) is 0.465. The Morgan fingerprint density at radius 3 is 2.49 bits per heavy atom. The van der Waals surface area contributed by atoms with Crippen LogP contribution in [0.25, 0.3) is 0 Å². The average molecular weight is 725 g/mol. The molecule has 1 saturated heterocycles. The Bertz CT molecular complexity index is 1660. The molecule has 0 bridgehead atoms. The summed E-state index contributed by atoms with van der Waals surface area (Å²) in [6, 6.07) is 3.94. The zero-order valence-electron chi connectivity index (χ0n) is 27.3. The smallest absolute Gasteiger partial charge is 0.338 e. The van der Waals surface area contributed by atoms with E-state index >= 15 is 0 Å². The SMILES string of the molecule is CCOC(=O)C1=C(C2CCN(S(=O)(=O)C3CC(C)(C(=O)OCC[Si](C)(C)C)C3)CC2)NC(c2nccs2)=NC1c1ccc(F)cc1Cl. The Morgan fingerprint density at radius 2 is 1.89 bits per heavy atom. The Balaban J connectivity index is 1.34. The molecule has 1 unspecified atom stereocenters. The fourth-order valence-electron chi connectivity index (χ4n) is 6.27. The Morgan fingerprint density at radius 1 is 1.19 bits per heavy atom. The number of nitrogens with one attached hydrogen (secondary N) is 1. The molecule has 2 aliphatic heterocycles. The molecule has 1 N–H and O–H groups in total. The Kier molecular flexibility index (Phi) is 10.7. The zero-order valence-corrected chi connectivity index (χ0v) is 30.7. The van der Waals surface area contributed by atoms with Gasteiger partial charge in [0.05, 0.1) is 29.5 Å². The summed E-state index contributed by atoms with van der Waals surface area (Å²) in [5.74, 6) is -1.22. The first-order valence-corrected chi connectivity index (χ1v) is 22.4. The summed E-state index contributed by atoms with van der Waals surface area (Å²) in [7, 11) is -5.02. The Labute approximate surface area is 285 Å². The van der Waals surface area contributed by atoms with Gasteiger partial charge in [0.15, 0.2) is 10.8 Å². The second kappa shape index (κ2) is 14.1. The van der Waals surface area contributed by atoms with Crippen LogP contribution < -0.4 is 5.32 Å². The molecule has 1 aromatic carbocycles. The summed E-state index contributed by atoms with van der Waals surface area (Å²) in [4.78, 5) is 35.6. The van der Waals surface area contributed by atoms with E-state index in [2.05, 4.69) is 29.9 Å². The summed E-state index contributed by atoms with van der Waals surface area (Å²) in [6.45, 7) is 11.1. The number of amidine groups is 1. The van der Waals surface area contributed by atoms with Crippen LogP contribution in [-0.4, -0.2) is 75.1 Å². The van der Waals surface area contributed by atoms with Crippen molar-refractivity contribution in [3.63, 3.8) is 0 Å². The number of esters is 2. The minimum atomic E-state index is -3.66. The van der Waals surface area contributed by atoms with E-state index in [1.807, 2.05) is 5.38 Å². The zero-order chi connectivity index (χ0) is 34.1. The fraction of sp³-hybridized carbons (Fsp3) is 0.562. The fourth-order valence-corrected chi connectivity index (χ4v) is 10.1. The molecule has 256 valence electrons. The number of aliphatic imine (C=N–C) groups is 1. The lowest BCUT2D eigenvalue weighted by molar-refractivity contribution is -0.159. The number of rotatable bonds is 11. The molecule has 0 amide bonds. The topological polar surface area (TPSA) is 127 Å². The second-order valence-electron chi connectivity index (χ2n) is 13.8. The van der Waals surface area contributed by atoms with Crippen molar-refractivity contribution in [1.82, 2.24) is 14.6 Å². The largest absolute Gasteiger partial charge is 0.466 e. The molecule has 5 rings (SSSR count). The number of hydrogen-bond acceptors (Lipinski definition) is 10. The van der Waals surface area contributed by atoms with Gasteiger partial charge >= 0.3 is 11.9 Å². The maximum atomic E-state index is 14.0. The van der Waals surface area contributed by atoms with E-state index in [0.717, 1.165) is 6.04 Å². The Hall–Kier alpha value is -2.65. The van der Waals surface area contributed by atoms with Gasteiger partial charge in [-0.15, -0.1) is 11.3 Å². The molecule has 0 radical (unpaired) electrons. The number of carbonyl (C=O) groups excluding carboxylic acids is 2. The molecule has 3 heterocycles. The van der Waals surface area contributed by atoms with E-state index in [4.69, 9.17) is 26.1 Å². The third-order valence-electron chi connectivity index (χ3n) is 9.04. The number of piperidine rings is 1. The lowest BCUT2D eigenvalue weighted by Gasteiger charge is -2.45. The second-order valence-corrected chi connectivity index (χ2v) is 22.9. The van der Waals surface area contributed by atoms with Crippen molar-refractivity contribution in [3.8, 4) is 0 Å². The van der Waals surface area contributed by atoms with E-state index in [0.29, 0.717) is 41.6 Å². The quantitative estimate of drug-likeness (QED) is 0.223. The third kappa shape index (κ3) is 7.82. The van der Waals surface area contributed by atoms with Crippen molar-refractivity contribution in [2.24, 2.45) is 16.3 Å². The summed E-state index contributed by atoms with van der Waals surface area (Å²) < 4.78 is 53.9. The lowest BCUT2D eigenvalue weighted by atomic mass is 9.70. The van der Waals surface area contributed by atoms with Gasteiger partial charge in [0.25, 0.3) is 0 Å². The number of thiazole rings is 1. The van der Waals surface area contributed by atoms with Crippen LogP contribution >= 0.6 is 22.9 Å². The maximum Gasteiger partial charge on any atom is 0.338 e. The van der Waals surface area contributed by atoms with Crippen LogP contribution in [0.5, 0.6) is 0 Å². The maximum absolute atomic E-state index is 14.0. The lowest BCUT2D eigenvalue weighted by Crippen LogP contribution is -2.54. The van der Waals surface area contributed by atoms with Gasteiger partial charge in [-0.2, -0.15) is 0 Å². The number of hydrogen-bond donors (Lipinski definition) is 1. The number of ether oxygens (including phenoxy) is 2. The number of sulfonamides is 1. The molecular formula is C32H42ClFN4O6S2Si. The van der Waals surface area contributed by atoms with Gasteiger partial charge in [0.2, 0.25) is 10.0 Å². The van der Waals surface area contributed by atoms with Gasteiger partial charge in [-0.1, -0.05) is 37.3 Å². The standard InChI is InChI=1S/C32H42ClFN4O6S2Si/c1-6-43-30(39)25-26(36-28(29-35-11-15-45-29)37-27(25)23-8-7-21(34)17-24(23)33)20-9-12-38(13-10-20)46(41,42)22-18-32(2,19-22)31(40)44-14-16-47(3,4)5/h7-8,11,15,17,20,22,27H,6,9-10,12-14,16,18-19H2,1-5H3,(H,36,37). The molecule has 15 heteroatoms. The van der Waals surface area contributed by atoms with E-state index < -0.39 is 46.6 Å². The van der Waals surface area contributed by atoms with Gasteiger partial charge in [-0.05, 0) is 57.7 Å². The highest BCUT2D eigenvalue weighted by atomic mass is 35.5. The van der Waals surface area contributed by atoms with Crippen molar-refractivity contribution < 1.29 is 31.9 Å². The van der Waals surface area contributed by atoms with E-state index in [9.17, 15) is 22.4 Å². The first-order chi connectivity index (χ1) is 22.1. The van der Waals surface area contributed by atoms with Crippen molar-refractivity contribution in [2.45, 2.75) is 76.5 Å². The molecule has 1 aliphatic carbocycles. The molecule has 0 spiro atoms. The average Bonchev–Trinajstić information content (AvgIpc) is 3.54. The highest BCUT2D eigenvalue weighted by Gasteiger charge is 2.54. The monoisotopic (exact) mass is 724 g/mol. The van der Waals surface area contributed by atoms with E-state index in [-0.39, 0.29) is 55.0 Å². The number of allylic oxidation sites excluding steroid dienone is 1. The van der Waals surface area contributed by atoms with E-state index in [1.165, 1.54) is 33.8 Å². The van der Waals surface area contributed by atoms with Crippen LogP contribution in [0, 0.1) is 17.2 Å². The predicted octanol–water partition coefficient (Wildman–Crippen LogP) is 5.94. The van der Waals surface area contributed by atoms with Gasteiger partial charge in [-0.3, -0.25) is 9.79 Å². The van der Waals surface area contributed by atoms with Crippen LogP contribution in [0.1, 0.15) is 56.1 Å². The molecule has 10 nitrogen and oxygen atoms in total. The molecule has 1 saturated carbocycles. The molecule has 2 fully saturated rings. The third-order valence-corrected chi connectivity index (χ3v) is 14.1. The summed E-state index contributed by atoms with van der Waals surface area (Å²) in [6.07, 6.45) is 2.98. The van der Waals surface area contributed by atoms with Crippen molar-refractivity contribution in [3.05, 3.63) is 62.5 Å². The highest BCUT2D eigenvalue weighted by Crippen LogP contribution is 2.47. The number of carbonyl (C=O) groups is 2. The van der Waals surface area contributed by atoms with Crippen molar-refractivity contribution in [2.75, 3.05) is 26.3 Å². The van der Waals surface area contributed by atoms with Gasteiger partial charge in [0, 0.05) is 54.9 Å². The molecule has 3 aliphatic rings. The normalized spacial score (nSPS) is 24.3. The van der Waals surface area contributed by atoms with Gasteiger partial charge < -0.3 is 14.8 Å². The molecule has 1 aromatic heterocycles. The molecule has 2 aromatic rings. The van der Waals surface area contributed by atoms with Crippen molar-refractivity contribution in [1.29, 1.82) is 0 Å².